The van der Waals surface area contributed by atoms with Gasteiger partial charge in [-0.2, -0.15) is 0 Å². The molecule has 70 valence electrons. The maximum atomic E-state index is 11.8. The highest BCUT2D eigenvalue weighted by Crippen LogP contribution is 2.15. The fourth-order valence-corrected chi connectivity index (χ4v) is 1.08. The summed E-state index contributed by atoms with van der Waals surface area (Å²) in [5, 5.41) is 0. The third kappa shape index (κ3) is 3.64. The first-order valence-corrected chi connectivity index (χ1v) is 4.03. The molecule has 0 amide bonds. The second kappa shape index (κ2) is 3.82. The predicted molar refractivity (Wildman–Crippen MR) is 43.4 cm³/mol. The van der Waals surface area contributed by atoms with E-state index in [2.05, 4.69) is 4.99 Å². The van der Waals surface area contributed by atoms with E-state index in [0.717, 1.165) is 13.0 Å². The van der Waals surface area contributed by atoms with Gasteiger partial charge in [-0.3, -0.25) is 4.99 Å². The fourth-order valence-electron chi connectivity index (χ4n) is 1.08. The second-order valence-electron chi connectivity index (χ2n) is 2.91. The van der Waals surface area contributed by atoms with Gasteiger partial charge in [0.05, 0.1) is 6.34 Å². The van der Waals surface area contributed by atoms with Crippen molar-refractivity contribution in [3.05, 3.63) is 0 Å². The van der Waals surface area contributed by atoms with E-state index in [1.807, 2.05) is 0 Å². The Morgan fingerprint density at radius 2 is 2.17 bits per heavy atom. The monoisotopic (exact) mass is 179 g/mol. The van der Waals surface area contributed by atoms with Crippen molar-refractivity contribution in [3.8, 4) is 0 Å². The van der Waals surface area contributed by atoms with Gasteiger partial charge in [-0.25, -0.2) is 0 Å². The molecule has 0 fully saturated rings. The Morgan fingerprint density at radius 1 is 1.42 bits per heavy atom. The molecule has 0 radical (unpaired) electrons. The van der Waals surface area contributed by atoms with E-state index in [4.69, 9.17) is 0 Å². The van der Waals surface area contributed by atoms with Crippen LogP contribution < -0.4 is 0 Å². The van der Waals surface area contributed by atoms with Crippen molar-refractivity contribution in [2.75, 3.05) is 19.6 Å². The minimum atomic E-state index is -4.63. The van der Waals surface area contributed by atoms with Crippen molar-refractivity contribution in [1.29, 1.82) is 0 Å². The number of nitrogens with zero attached hydrogens (tertiary/aromatic N) is 2. The number of halogens is 3. The summed E-state index contributed by atoms with van der Waals surface area (Å²) in [7, 11) is 0. The molecule has 0 saturated heterocycles. The summed E-state index contributed by atoms with van der Waals surface area (Å²) in [4.78, 5) is 5.52. The van der Waals surface area contributed by atoms with Gasteiger partial charge in [0.25, 0.3) is 0 Å². The summed E-state index contributed by atoms with van der Waals surface area (Å²) in [6, 6.07) is 0. The van der Waals surface area contributed by atoms with E-state index in [0.29, 0.717) is 6.54 Å². The van der Waals surface area contributed by atoms with Crippen LogP contribution in [0.2, 0.25) is 6.32 Å². The molecule has 0 aromatic carbocycles. The van der Waals surface area contributed by atoms with Crippen LogP contribution in [-0.4, -0.2) is 37.9 Å². The van der Waals surface area contributed by atoms with Gasteiger partial charge in [-0.05, 0) is 13.0 Å². The third-order valence-electron chi connectivity index (χ3n) is 1.72. The Kier molecular flexibility index (Phi) is 3.00. The van der Waals surface area contributed by atoms with Crippen LogP contribution in [0.4, 0.5) is 12.9 Å². The number of hydrogen-bond acceptors (Lipinski definition) is 2. The third-order valence-corrected chi connectivity index (χ3v) is 1.72. The average Bonchev–Trinajstić information content (AvgIpc) is 2.02. The molecule has 1 aliphatic rings. The van der Waals surface area contributed by atoms with Crippen molar-refractivity contribution < 1.29 is 12.9 Å². The highest BCUT2D eigenvalue weighted by atomic mass is 19.4. The Hall–Kier alpha value is -0.675. The fraction of sp³-hybridized carbons (Fsp3) is 0.833. The smallest absolute Gasteiger partial charge is 0.449 e. The van der Waals surface area contributed by atoms with Crippen LogP contribution in [0, 0.1) is 0 Å². The zero-order valence-electron chi connectivity index (χ0n) is 6.72. The quantitative estimate of drug-likeness (QED) is 0.600. The molecule has 0 aliphatic carbocycles. The van der Waals surface area contributed by atoms with E-state index in [-0.39, 0.29) is 6.54 Å². The molecule has 0 aromatic heterocycles. The van der Waals surface area contributed by atoms with Crippen LogP contribution in [-0.2, 0) is 0 Å². The lowest BCUT2D eigenvalue weighted by atomic mass is 9.86. The normalized spacial score (nSPS) is 18.4. The number of hydrogen-bond donors (Lipinski definition) is 0. The summed E-state index contributed by atoms with van der Waals surface area (Å²) in [5.41, 5.74) is 0. The molecule has 6 heteroatoms. The van der Waals surface area contributed by atoms with Crippen LogP contribution in [0.5, 0.6) is 0 Å². The summed E-state index contributed by atoms with van der Waals surface area (Å²) in [5.74, 6) is 0. The van der Waals surface area contributed by atoms with Crippen LogP contribution >= 0.6 is 0 Å². The molecular formula is C6H11BF3N2-. The molecule has 2 nitrogen and oxygen atoms in total. The van der Waals surface area contributed by atoms with Crippen molar-refractivity contribution in [1.82, 2.24) is 4.90 Å². The molecule has 0 spiro atoms. The van der Waals surface area contributed by atoms with Crippen molar-refractivity contribution in [3.63, 3.8) is 0 Å². The van der Waals surface area contributed by atoms with Crippen molar-refractivity contribution in [2.45, 2.75) is 12.7 Å². The topological polar surface area (TPSA) is 15.6 Å². The highest BCUT2D eigenvalue weighted by molar-refractivity contribution is 6.58. The van der Waals surface area contributed by atoms with Crippen LogP contribution in [0.1, 0.15) is 6.42 Å². The first-order valence-electron chi connectivity index (χ1n) is 4.03. The van der Waals surface area contributed by atoms with E-state index < -0.39 is 13.3 Å². The standard InChI is InChI=1S/C6H11BF3N2/c8-7(9,10)2-5-12-4-1-3-11-6-12/h6H,1-5H2/q-1. The van der Waals surface area contributed by atoms with Crippen molar-refractivity contribution >= 4 is 13.3 Å². The van der Waals surface area contributed by atoms with Gasteiger partial charge in [0, 0.05) is 13.1 Å². The van der Waals surface area contributed by atoms with Gasteiger partial charge in [0.2, 0.25) is 0 Å². The molecule has 1 heterocycles. The molecule has 1 rings (SSSR count). The van der Waals surface area contributed by atoms with Gasteiger partial charge in [-0.15, -0.1) is 0 Å². The Bertz CT molecular complexity index is 169. The molecule has 12 heavy (non-hydrogen) atoms. The summed E-state index contributed by atoms with van der Waals surface area (Å²) in [6.07, 6.45) is 1.69. The average molecular weight is 179 g/mol. The highest BCUT2D eigenvalue weighted by Gasteiger charge is 2.23. The summed E-state index contributed by atoms with van der Waals surface area (Å²) in [6.45, 7) is -3.12. The second-order valence-corrected chi connectivity index (χ2v) is 2.91. The molecule has 1 aliphatic heterocycles. The van der Waals surface area contributed by atoms with Gasteiger partial charge >= 0.3 is 6.98 Å². The molecule has 0 aromatic rings. The molecule has 0 atom stereocenters. The van der Waals surface area contributed by atoms with Crippen LogP contribution in [0.15, 0.2) is 4.99 Å². The molecule has 0 bridgehead atoms. The largest absolute Gasteiger partial charge is 0.480 e. The van der Waals surface area contributed by atoms with E-state index in [1.54, 1.807) is 4.90 Å². The molecular weight excluding hydrogens is 168 g/mol. The summed E-state index contributed by atoms with van der Waals surface area (Å²) >= 11 is 0. The van der Waals surface area contributed by atoms with Gasteiger partial charge in [0.15, 0.2) is 0 Å². The Labute approximate surface area is 69.5 Å². The lowest BCUT2D eigenvalue weighted by Gasteiger charge is -2.25. The lowest BCUT2D eigenvalue weighted by Crippen LogP contribution is -2.31. The van der Waals surface area contributed by atoms with E-state index in [9.17, 15) is 12.9 Å². The SMILES string of the molecule is F[B-](F)(F)CCN1C=NCCC1. The van der Waals surface area contributed by atoms with E-state index in [1.165, 1.54) is 6.34 Å². The minimum absolute atomic E-state index is 0.0625. The van der Waals surface area contributed by atoms with Gasteiger partial charge in [0.1, 0.15) is 0 Å². The lowest BCUT2D eigenvalue weighted by molar-refractivity contribution is 0.394. The zero-order chi connectivity index (χ0) is 9.03. The summed E-state index contributed by atoms with van der Waals surface area (Å²) < 4.78 is 35.4. The van der Waals surface area contributed by atoms with Gasteiger partial charge < -0.3 is 17.8 Å². The predicted octanol–water partition coefficient (Wildman–Crippen LogP) is 1.57. The zero-order valence-corrected chi connectivity index (χ0v) is 6.72. The maximum absolute atomic E-state index is 11.8. The molecule has 0 N–H and O–H groups in total. The van der Waals surface area contributed by atoms with Crippen LogP contribution in [0.25, 0.3) is 0 Å². The van der Waals surface area contributed by atoms with Gasteiger partial charge in [-0.1, -0.05) is 6.32 Å². The first-order chi connectivity index (χ1) is 5.58. The minimum Gasteiger partial charge on any atom is -0.449 e. The van der Waals surface area contributed by atoms with Crippen LogP contribution in [0.3, 0.4) is 0 Å². The Balaban J connectivity index is 2.22. The number of aliphatic imine (C=N–C) groups is 1. The van der Waals surface area contributed by atoms with Crippen molar-refractivity contribution in [2.24, 2.45) is 4.99 Å². The maximum Gasteiger partial charge on any atom is 0.480 e. The van der Waals surface area contributed by atoms with E-state index >= 15 is 0 Å². The first kappa shape index (κ1) is 9.41. The number of rotatable bonds is 3. The molecule has 0 saturated carbocycles. The Morgan fingerprint density at radius 3 is 2.67 bits per heavy atom. The molecule has 0 unspecified atom stereocenters.